The second-order valence-electron chi connectivity index (χ2n) is 3.47. The van der Waals surface area contributed by atoms with E-state index >= 15 is 0 Å². The molecule has 4 nitrogen and oxygen atoms in total. The molecule has 1 N–H and O–H groups in total. The number of aliphatic hydroxyl groups excluding tert-OH is 1. The van der Waals surface area contributed by atoms with Gasteiger partial charge in [0.25, 0.3) is 0 Å². The molecule has 0 saturated carbocycles. The zero-order chi connectivity index (χ0) is 10.8. The number of imide groups is 1. The normalized spacial score (nSPS) is 18.6. The third kappa shape index (κ3) is 2.08. The minimum Gasteiger partial charge on any atom is -0.387 e. The van der Waals surface area contributed by atoms with E-state index in [4.69, 9.17) is 0 Å². The molecular formula is C10H11NO3S. The van der Waals surface area contributed by atoms with Crippen LogP contribution in [0.1, 0.15) is 24.5 Å². The average molecular weight is 225 g/mol. The number of hydrogen-bond acceptors (Lipinski definition) is 4. The first-order valence-electron chi connectivity index (χ1n) is 4.72. The maximum atomic E-state index is 11.3. The van der Waals surface area contributed by atoms with Crippen molar-refractivity contribution in [3.05, 3.63) is 22.4 Å². The predicted octanol–water partition coefficient (Wildman–Crippen LogP) is 0.931. The molecule has 5 heteroatoms. The summed E-state index contributed by atoms with van der Waals surface area (Å²) in [7, 11) is 0. The number of carbonyl (C=O) groups excluding carboxylic acids is 2. The van der Waals surface area contributed by atoms with Crippen LogP contribution in [0.4, 0.5) is 0 Å². The molecule has 1 aliphatic rings. The standard InChI is InChI=1S/C10H11NO3S/c12-8(7-3-4-15-6-7)5-11-9(13)1-2-10(11)14/h3-4,6,8,12H,1-2,5H2. The van der Waals surface area contributed by atoms with Crippen LogP contribution in [0.5, 0.6) is 0 Å². The highest BCUT2D eigenvalue weighted by molar-refractivity contribution is 7.07. The molecule has 1 unspecified atom stereocenters. The number of likely N-dealkylation sites (tertiary alicyclic amines) is 1. The van der Waals surface area contributed by atoms with Crippen molar-refractivity contribution in [1.29, 1.82) is 0 Å². The maximum absolute atomic E-state index is 11.3. The largest absolute Gasteiger partial charge is 0.387 e. The van der Waals surface area contributed by atoms with Gasteiger partial charge in [-0.3, -0.25) is 14.5 Å². The van der Waals surface area contributed by atoms with Crippen molar-refractivity contribution in [3.63, 3.8) is 0 Å². The molecule has 1 atom stereocenters. The van der Waals surface area contributed by atoms with Crippen LogP contribution in [0.15, 0.2) is 16.8 Å². The van der Waals surface area contributed by atoms with E-state index in [0.29, 0.717) is 0 Å². The average Bonchev–Trinajstić information content (AvgIpc) is 2.82. The van der Waals surface area contributed by atoms with E-state index < -0.39 is 6.10 Å². The van der Waals surface area contributed by atoms with E-state index in [-0.39, 0.29) is 31.2 Å². The van der Waals surface area contributed by atoms with Gasteiger partial charge in [0, 0.05) is 12.8 Å². The first-order valence-corrected chi connectivity index (χ1v) is 5.66. The van der Waals surface area contributed by atoms with Gasteiger partial charge in [-0.2, -0.15) is 11.3 Å². The Hall–Kier alpha value is -1.20. The Morgan fingerprint density at radius 2 is 2.07 bits per heavy atom. The van der Waals surface area contributed by atoms with Gasteiger partial charge >= 0.3 is 0 Å². The second kappa shape index (κ2) is 4.12. The lowest BCUT2D eigenvalue weighted by Crippen LogP contribution is -2.33. The van der Waals surface area contributed by atoms with Crippen molar-refractivity contribution < 1.29 is 14.7 Å². The van der Waals surface area contributed by atoms with Gasteiger partial charge < -0.3 is 5.11 Å². The molecule has 1 aromatic rings. The van der Waals surface area contributed by atoms with E-state index in [1.807, 2.05) is 10.8 Å². The molecule has 15 heavy (non-hydrogen) atoms. The van der Waals surface area contributed by atoms with Gasteiger partial charge in [-0.25, -0.2) is 0 Å². The van der Waals surface area contributed by atoms with Crippen LogP contribution in [-0.2, 0) is 9.59 Å². The number of thiophene rings is 1. The monoisotopic (exact) mass is 225 g/mol. The Morgan fingerprint density at radius 1 is 1.40 bits per heavy atom. The Morgan fingerprint density at radius 3 is 2.60 bits per heavy atom. The molecule has 1 fully saturated rings. The summed E-state index contributed by atoms with van der Waals surface area (Å²) in [5, 5.41) is 13.4. The summed E-state index contributed by atoms with van der Waals surface area (Å²) in [5.74, 6) is -0.372. The minimum atomic E-state index is -0.762. The van der Waals surface area contributed by atoms with Crippen molar-refractivity contribution >= 4 is 23.2 Å². The van der Waals surface area contributed by atoms with E-state index in [0.717, 1.165) is 10.5 Å². The third-order valence-electron chi connectivity index (χ3n) is 2.44. The highest BCUT2D eigenvalue weighted by Gasteiger charge is 2.30. The molecule has 2 amide bonds. The quantitative estimate of drug-likeness (QED) is 0.778. The minimum absolute atomic E-state index is 0.0778. The lowest BCUT2D eigenvalue weighted by molar-refractivity contribution is -0.140. The first kappa shape index (κ1) is 10.3. The lowest BCUT2D eigenvalue weighted by atomic mass is 10.2. The second-order valence-corrected chi connectivity index (χ2v) is 4.25. The lowest BCUT2D eigenvalue weighted by Gasteiger charge is -2.17. The fraction of sp³-hybridized carbons (Fsp3) is 0.400. The van der Waals surface area contributed by atoms with Crippen LogP contribution in [0.25, 0.3) is 0 Å². The van der Waals surface area contributed by atoms with Crippen molar-refractivity contribution in [2.45, 2.75) is 18.9 Å². The summed E-state index contributed by atoms with van der Waals surface area (Å²) in [6, 6.07) is 1.79. The van der Waals surface area contributed by atoms with Crippen molar-refractivity contribution in [1.82, 2.24) is 4.90 Å². The van der Waals surface area contributed by atoms with Gasteiger partial charge in [0.2, 0.25) is 11.8 Å². The number of nitrogens with zero attached hydrogens (tertiary/aromatic N) is 1. The summed E-state index contributed by atoms with van der Waals surface area (Å²) in [6.45, 7) is 0.0778. The molecule has 0 aromatic carbocycles. The summed E-state index contributed by atoms with van der Waals surface area (Å²) in [6.07, 6.45) is -0.216. The number of amides is 2. The first-order chi connectivity index (χ1) is 7.18. The van der Waals surface area contributed by atoms with Crippen molar-refractivity contribution in [2.75, 3.05) is 6.54 Å². The summed E-state index contributed by atoms with van der Waals surface area (Å²) < 4.78 is 0. The van der Waals surface area contributed by atoms with E-state index in [9.17, 15) is 14.7 Å². The van der Waals surface area contributed by atoms with E-state index in [1.54, 1.807) is 6.07 Å². The van der Waals surface area contributed by atoms with Crippen molar-refractivity contribution in [2.24, 2.45) is 0 Å². The topological polar surface area (TPSA) is 57.6 Å². The van der Waals surface area contributed by atoms with Crippen LogP contribution in [0, 0.1) is 0 Å². The molecule has 1 aliphatic heterocycles. The predicted molar refractivity (Wildman–Crippen MR) is 55.2 cm³/mol. The molecule has 2 rings (SSSR count). The molecule has 0 bridgehead atoms. The number of carbonyl (C=O) groups is 2. The molecule has 0 radical (unpaired) electrons. The molecule has 1 aromatic heterocycles. The smallest absolute Gasteiger partial charge is 0.229 e. The zero-order valence-corrected chi connectivity index (χ0v) is 8.87. The molecule has 80 valence electrons. The zero-order valence-electron chi connectivity index (χ0n) is 8.05. The fourth-order valence-corrected chi connectivity index (χ4v) is 2.28. The Labute approximate surface area is 91.1 Å². The van der Waals surface area contributed by atoms with E-state index in [2.05, 4.69) is 0 Å². The number of hydrogen-bond donors (Lipinski definition) is 1. The molecule has 0 spiro atoms. The van der Waals surface area contributed by atoms with E-state index in [1.165, 1.54) is 11.3 Å². The molecular weight excluding hydrogens is 214 g/mol. The van der Waals surface area contributed by atoms with Gasteiger partial charge in [-0.15, -0.1) is 0 Å². The molecule has 2 heterocycles. The summed E-state index contributed by atoms with van der Waals surface area (Å²) in [5.41, 5.74) is 0.757. The number of β-amino-alcohol motifs (C(OH)–C–C–N with tert-alkyl or cyclic N) is 1. The highest BCUT2D eigenvalue weighted by atomic mass is 32.1. The third-order valence-corrected chi connectivity index (χ3v) is 3.14. The van der Waals surface area contributed by atoms with Crippen molar-refractivity contribution in [3.8, 4) is 0 Å². The maximum Gasteiger partial charge on any atom is 0.229 e. The number of rotatable bonds is 3. The van der Waals surface area contributed by atoms with Gasteiger partial charge in [-0.05, 0) is 22.4 Å². The van der Waals surface area contributed by atoms with Crippen LogP contribution in [-0.4, -0.2) is 28.4 Å². The SMILES string of the molecule is O=C1CCC(=O)N1CC(O)c1ccsc1. The number of aliphatic hydroxyl groups is 1. The van der Waals surface area contributed by atoms with Crippen LogP contribution in [0.2, 0.25) is 0 Å². The summed E-state index contributed by atoms with van der Waals surface area (Å²) >= 11 is 1.48. The molecule has 1 saturated heterocycles. The molecule has 0 aliphatic carbocycles. The van der Waals surface area contributed by atoms with Gasteiger partial charge in [0.05, 0.1) is 12.6 Å². The highest BCUT2D eigenvalue weighted by Crippen LogP contribution is 2.20. The van der Waals surface area contributed by atoms with Gasteiger partial charge in [0.1, 0.15) is 0 Å². The van der Waals surface area contributed by atoms with Crippen LogP contribution in [0.3, 0.4) is 0 Å². The fourth-order valence-electron chi connectivity index (χ4n) is 1.57. The Balaban J connectivity index is 2.02. The Kier molecular flexibility index (Phi) is 2.83. The van der Waals surface area contributed by atoms with Gasteiger partial charge in [-0.1, -0.05) is 0 Å². The van der Waals surface area contributed by atoms with Gasteiger partial charge in [0.15, 0.2) is 0 Å². The summed E-state index contributed by atoms with van der Waals surface area (Å²) in [4.78, 5) is 23.7. The van der Waals surface area contributed by atoms with Crippen LogP contribution < -0.4 is 0 Å². The Bertz CT molecular complexity index is 358. The van der Waals surface area contributed by atoms with Crippen LogP contribution >= 0.6 is 11.3 Å².